The van der Waals surface area contributed by atoms with E-state index in [-0.39, 0.29) is 0 Å². The normalized spacial score (nSPS) is 24.3. The second-order valence-electron chi connectivity index (χ2n) is 5.91. The molecular weight excluding hydrogens is 238 g/mol. The van der Waals surface area contributed by atoms with Crippen molar-refractivity contribution in [2.75, 3.05) is 24.6 Å². The van der Waals surface area contributed by atoms with E-state index in [2.05, 4.69) is 27.2 Å². The third-order valence-electron chi connectivity index (χ3n) is 4.59. The molecule has 1 aliphatic carbocycles. The lowest BCUT2D eigenvalue weighted by Gasteiger charge is -2.17. The summed E-state index contributed by atoms with van der Waals surface area (Å²) in [7, 11) is 0. The van der Waals surface area contributed by atoms with Crippen LogP contribution < -0.4 is 4.90 Å². The third-order valence-corrected chi connectivity index (χ3v) is 4.59. The summed E-state index contributed by atoms with van der Waals surface area (Å²) in [5.74, 6) is 2.26. The van der Waals surface area contributed by atoms with Crippen LogP contribution in [-0.2, 0) is 0 Å². The third kappa shape index (κ3) is 2.89. The van der Waals surface area contributed by atoms with Gasteiger partial charge in [0.2, 0.25) is 0 Å². The molecule has 1 aromatic rings. The standard InChI is InChI=1S/C15H23N3O/c19-10-8-12-7-9-18(11-12)15-6-5-14(16-17-15)13-3-1-2-4-13/h5-6,12-13,19H,1-4,7-11H2. The van der Waals surface area contributed by atoms with Gasteiger partial charge in [-0.2, -0.15) is 5.10 Å². The van der Waals surface area contributed by atoms with Crippen molar-refractivity contribution in [2.24, 2.45) is 5.92 Å². The van der Waals surface area contributed by atoms with Crippen LogP contribution in [0.15, 0.2) is 12.1 Å². The minimum atomic E-state index is 0.296. The molecule has 1 unspecified atom stereocenters. The molecule has 4 heteroatoms. The number of aliphatic hydroxyl groups is 1. The minimum Gasteiger partial charge on any atom is -0.396 e. The molecule has 0 radical (unpaired) electrons. The number of aliphatic hydroxyl groups excluding tert-OH is 1. The van der Waals surface area contributed by atoms with Crippen LogP contribution in [0, 0.1) is 5.92 Å². The van der Waals surface area contributed by atoms with Crippen molar-refractivity contribution in [2.45, 2.75) is 44.4 Å². The van der Waals surface area contributed by atoms with Gasteiger partial charge in [0.25, 0.3) is 0 Å². The average Bonchev–Trinajstić information content (AvgIpc) is 3.10. The van der Waals surface area contributed by atoms with E-state index >= 15 is 0 Å². The van der Waals surface area contributed by atoms with Crippen molar-refractivity contribution in [3.63, 3.8) is 0 Å². The van der Waals surface area contributed by atoms with Crippen LogP contribution in [-0.4, -0.2) is 35.0 Å². The second-order valence-corrected chi connectivity index (χ2v) is 5.91. The number of rotatable bonds is 4. The number of aromatic nitrogens is 2. The molecule has 104 valence electrons. The Morgan fingerprint density at radius 2 is 2.00 bits per heavy atom. The highest BCUT2D eigenvalue weighted by atomic mass is 16.3. The lowest BCUT2D eigenvalue weighted by atomic mass is 10.0. The first-order valence-electron chi connectivity index (χ1n) is 7.56. The maximum absolute atomic E-state index is 8.99. The molecule has 1 N–H and O–H groups in total. The molecule has 2 fully saturated rings. The summed E-state index contributed by atoms with van der Waals surface area (Å²) in [4.78, 5) is 2.30. The van der Waals surface area contributed by atoms with Crippen LogP contribution in [0.5, 0.6) is 0 Å². The number of nitrogens with zero attached hydrogens (tertiary/aromatic N) is 3. The van der Waals surface area contributed by atoms with E-state index in [0.29, 0.717) is 18.4 Å². The zero-order valence-corrected chi connectivity index (χ0v) is 11.5. The van der Waals surface area contributed by atoms with E-state index in [9.17, 15) is 0 Å². The first kappa shape index (κ1) is 12.9. The first-order chi connectivity index (χ1) is 9.36. The molecule has 2 aliphatic rings. The van der Waals surface area contributed by atoms with Gasteiger partial charge in [0.1, 0.15) is 0 Å². The summed E-state index contributed by atoms with van der Waals surface area (Å²) in [5.41, 5.74) is 1.17. The Kier molecular flexibility index (Phi) is 3.97. The molecule has 4 nitrogen and oxygen atoms in total. The molecule has 1 saturated heterocycles. The summed E-state index contributed by atoms with van der Waals surface area (Å²) >= 11 is 0. The lowest BCUT2D eigenvalue weighted by molar-refractivity contribution is 0.263. The van der Waals surface area contributed by atoms with Crippen molar-refractivity contribution in [1.29, 1.82) is 0 Å². The van der Waals surface area contributed by atoms with Gasteiger partial charge in [0, 0.05) is 25.6 Å². The van der Waals surface area contributed by atoms with Crippen LogP contribution in [0.2, 0.25) is 0 Å². The molecule has 0 amide bonds. The molecular formula is C15H23N3O. The summed E-state index contributed by atoms with van der Waals surface area (Å²) in [6, 6.07) is 4.29. The van der Waals surface area contributed by atoms with Crippen LogP contribution >= 0.6 is 0 Å². The Bertz CT molecular complexity index is 400. The summed E-state index contributed by atoms with van der Waals surface area (Å²) in [6.07, 6.45) is 7.29. The second kappa shape index (κ2) is 5.87. The predicted octanol–water partition coefficient (Wildman–Crippen LogP) is 2.34. The monoisotopic (exact) mass is 261 g/mol. The molecule has 3 rings (SSSR count). The van der Waals surface area contributed by atoms with Gasteiger partial charge in [-0.1, -0.05) is 12.8 Å². The van der Waals surface area contributed by atoms with Crippen LogP contribution in [0.3, 0.4) is 0 Å². The van der Waals surface area contributed by atoms with Gasteiger partial charge in [0.15, 0.2) is 5.82 Å². The zero-order valence-electron chi connectivity index (χ0n) is 11.5. The Hall–Kier alpha value is -1.16. The number of hydrogen-bond donors (Lipinski definition) is 1. The van der Waals surface area contributed by atoms with Gasteiger partial charge in [-0.25, -0.2) is 0 Å². The Morgan fingerprint density at radius 1 is 1.16 bits per heavy atom. The summed E-state index contributed by atoms with van der Waals surface area (Å²) < 4.78 is 0. The Balaban J connectivity index is 1.62. The van der Waals surface area contributed by atoms with Crippen LogP contribution in [0.1, 0.15) is 50.1 Å². The van der Waals surface area contributed by atoms with Crippen molar-refractivity contribution < 1.29 is 5.11 Å². The fraction of sp³-hybridized carbons (Fsp3) is 0.733. The Morgan fingerprint density at radius 3 is 2.68 bits per heavy atom. The number of anilines is 1. The van der Waals surface area contributed by atoms with Crippen molar-refractivity contribution in [1.82, 2.24) is 10.2 Å². The number of hydrogen-bond acceptors (Lipinski definition) is 4. The van der Waals surface area contributed by atoms with Crippen LogP contribution in [0.25, 0.3) is 0 Å². The van der Waals surface area contributed by atoms with Gasteiger partial charge < -0.3 is 10.0 Å². The minimum absolute atomic E-state index is 0.296. The molecule has 19 heavy (non-hydrogen) atoms. The highest BCUT2D eigenvalue weighted by molar-refractivity contribution is 5.39. The average molecular weight is 261 g/mol. The molecule has 1 saturated carbocycles. The molecule has 1 aromatic heterocycles. The van der Waals surface area contributed by atoms with E-state index in [4.69, 9.17) is 5.11 Å². The maximum Gasteiger partial charge on any atom is 0.151 e. The molecule has 1 atom stereocenters. The van der Waals surface area contributed by atoms with E-state index in [1.54, 1.807) is 0 Å². The highest BCUT2D eigenvalue weighted by Gasteiger charge is 2.24. The predicted molar refractivity (Wildman–Crippen MR) is 75.3 cm³/mol. The topological polar surface area (TPSA) is 49.2 Å². The van der Waals surface area contributed by atoms with Crippen molar-refractivity contribution >= 4 is 5.82 Å². The molecule has 0 spiro atoms. The largest absolute Gasteiger partial charge is 0.396 e. The molecule has 0 aromatic carbocycles. The maximum atomic E-state index is 8.99. The molecule has 2 heterocycles. The lowest BCUT2D eigenvalue weighted by Crippen LogP contribution is -2.21. The Labute approximate surface area is 114 Å². The first-order valence-corrected chi connectivity index (χ1v) is 7.56. The van der Waals surface area contributed by atoms with Gasteiger partial charge in [-0.3, -0.25) is 0 Å². The molecule has 1 aliphatic heterocycles. The summed E-state index contributed by atoms with van der Waals surface area (Å²) in [5, 5.41) is 17.8. The molecule has 0 bridgehead atoms. The van der Waals surface area contributed by atoms with E-state index < -0.39 is 0 Å². The smallest absolute Gasteiger partial charge is 0.151 e. The fourth-order valence-corrected chi connectivity index (χ4v) is 3.40. The highest BCUT2D eigenvalue weighted by Crippen LogP contribution is 2.33. The van der Waals surface area contributed by atoms with E-state index in [1.165, 1.54) is 31.4 Å². The fourth-order valence-electron chi connectivity index (χ4n) is 3.40. The van der Waals surface area contributed by atoms with Gasteiger partial charge >= 0.3 is 0 Å². The van der Waals surface area contributed by atoms with Crippen LogP contribution in [0.4, 0.5) is 5.82 Å². The van der Waals surface area contributed by atoms with Crippen molar-refractivity contribution in [3.8, 4) is 0 Å². The van der Waals surface area contributed by atoms with E-state index in [1.807, 2.05) is 0 Å². The summed E-state index contributed by atoms with van der Waals surface area (Å²) in [6.45, 7) is 2.35. The zero-order chi connectivity index (χ0) is 13.1. The van der Waals surface area contributed by atoms with E-state index in [0.717, 1.165) is 31.7 Å². The van der Waals surface area contributed by atoms with Gasteiger partial charge in [0.05, 0.1) is 5.69 Å². The van der Waals surface area contributed by atoms with Crippen molar-refractivity contribution in [3.05, 3.63) is 17.8 Å². The van der Waals surface area contributed by atoms with Gasteiger partial charge in [-0.15, -0.1) is 5.10 Å². The quantitative estimate of drug-likeness (QED) is 0.904. The van der Waals surface area contributed by atoms with Gasteiger partial charge in [-0.05, 0) is 43.7 Å². The SMILES string of the molecule is OCCC1CCN(c2ccc(C3CCCC3)nn2)C1.